The van der Waals surface area contributed by atoms with Crippen LogP contribution in [0.1, 0.15) is 55.1 Å². The van der Waals surface area contributed by atoms with Gasteiger partial charge >= 0.3 is 0 Å². The lowest BCUT2D eigenvalue weighted by Gasteiger charge is -2.37. The Morgan fingerprint density at radius 1 is 1.13 bits per heavy atom. The van der Waals surface area contributed by atoms with E-state index >= 15 is 0 Å². The molecule has 0 spiro atoms. The summed E-state index contributed by atoms with van der Waals surface area (Å²) in [5.74, 6) is -0.0428. The monoisotopic (exact) mass is 426 g/mol. The molecule has 2 heterocycles. The van der Waals surface area contributed by atoms with Crippen molar-refractivity contribution in [3.63, 3.8) is 0 Å². The summed E-state index contributed by atoms with van der Waals surface area (Å²) < 4.78 is 5.45. The van der Waals surface area contributed by atoms with Gasteiger partial charge in [-0.15, -0.1) is 11.3 Å². The average Bonchev–Trinajstić information content (AvgIpc) is 3.39. The van der Waals surface area contributed by atoms with Crippen molar-refractivity contribution in [1.82, 2.24) is 4.90 Å². The van der Waals surface area contributed by atoms with Crippen molar-refractivity contribution in [1.29, 1.82) is 0 Å². The van der Waals surface area contributed by atoms with Crippen molar-refractivity contribution in [3.8, 4) is 5.75 Å². The summed E-state index contributed by atoms with van der Waals surface area (Å²) >= 11 is 1.37. The third-order valence-electron chi connectivity index (χ3n) is 5.80. The highest BCUT2D eigenvalue weighted by molar-refractivity contribution is 7.12. The van der Waals surface area contributed by atoms with Crippen molar-refractivity contribution in [2.75, 3.05) is 11.5 Å². The van der Waals surface area contributed by atoms with Crippen LogP contribution in [0.3, 0.4) is 0 Å². The van der Waals surface area contributed by atoms with Gasteiger partial charge in [-0.2, -0.15) is 0 Å². The van der Waals surface area contributed by atoms with Crippen LogP contribution in [-0.4, -0.2) is 41.3 Å². The number of anilines is 1. The summed E-state index contributed by atoms with van der Waals surface area (Å²) in [5, 5.41) is 1.86. The largest absolute Gasteiger partial charge is 0.494 e. The Morgan fingerprint density at radius 3 is 2.50 bits per heavy atom. The van der Waals surface area contributed by atoms with Gasteiger partial charge in [0.1, 0.15) is 11.8 Å². The van der Waals surface area contributed by atoms with Crippen molar-refractivity contribution < 1.29 is 19.1 Å². The van der Waals surface area contributed by atoms with Crippen molar-refractivity contribution in [2.24, 2.45) is 0 Å². The third-order valence-corrected chi connectivity index (χ3v) is 6.66. The Morgan fingerprint density at radius 2 is 1.87 bits per heavy atom. The number of hydrogen-bond acceptors (Lipinski definition) is 5. The van der Waals surface area contributed by atoms with Gasteiger partial charge in [0, 0.05) is 6.04 Å². The number of imide groups is 1. The maximum atomic E-state index is 13.4. The van der Waals surface area contributed by atoms with Gasteiger partial charge in [0.15, 0.2) is 0 Å². The first kappa shape index (κ1) is 20.6. The van der Waals surface area contributed by atoms with Gasteiger partial charge in [0.25, 0.3) is 11.8 Å². The fraction of sp³-hybridized carbons (Fsp3) is 0.435. The molecule has 0 bridgehead atoms. The number of hydrogen-bond donors (Lipinski definition) is 0. The van der Waals surface area contributed by atoms with Gasteiger partial charge in [-0.3, -0.25) is 14.4 Å². The number of rotatable bonds is 6. The van der Waals surface area contributed by atoms with Gasteiger partial charge in [-0.1, -0.05) is 25.3 Å². The molecule has 1 atom stereocenters. The van der Waals surface area contributed by atoms with E-state index in [9.17, 15) is 14.4 Å². The summed E-state index contributed by atoms with van der Waals surface area (Å²) in [6.07, 6.45) is 5.00. The van der Waals surface area contributed by atoms with Crippen LogP contribution in [0.15, 0.2) is 41.8 Å². The van der Waals surface area contributed by atoms with Crippen LogP contribution in [-0.2, 0) is 9.59 Å². The zero-order chi connectivity index (χ0) is 21.1. The van der Waals surface area contributed by atoms with E-state index in [4.69, 9.17) is 4.74 Å². The molecule has 0 radical (unpaired) electrons. The zero-order valence-corrected chi connectivity index (χ0v) is 17.9. The number of benzene rings is 1. The molecule has 1 saturated carbocycles. The van der Waals surface area contributed by atoms with Crippen LogP contribution < -0.4 is 9.64 Å². The molecule has 158 valence electrons. The van der Waals surface area contributed by atoms with Crippen LogP contribution in [0.5, 0.6) is 5.75 Å². The molecule has 2 fully saturated rings. The maximum absolute atomic E-state index is 13.4. The standard InChI is InChI=1S/C23H26N2O4S/c1-2-29-18-12-10-17(11-13-18)25-21(26)15-19(22(25)27)24(16-7-4-3-5-8-16)23(28)20-9-6-14-30-20/h6,9-14,16,19H,2-5,7-8,15H2,1H3. The van der Waals surface area contributed by atoms with Crippen LogP contribution in [0.25, 0.3) is 0 Å². The molecule has 2 aromatic rings. The number of ether oxygens (including phenoxy) is 1. The minimum Gasteiger partial charge on any atom is -0.494 e. The van der Waals surface area contributed by atoms with E-state index in [2.05, 4.69) is 0 Å². The summed E-state index contributed by atoms with van der Waals surface area (Å²) in [4.78, 5) is 43.1. The SMILES string of the molecule is CCOc1ccc(N2C(=O)CC(N(C(=O)c3cccs3)C3CCCCC3)C2=O)cc1. The van der Waals surface area contributed by atoms with Crippen LogP contribution in [0.2, 0.25) is 0 Å². The summed E-state index contributed by atoms with van der Waals surface area (Å²) in [5.41, 5.74) is 0.517. The molecule has 1 aliphatic carbocycles. The van der Waals surface area contributed by atoms with Crippen LogP contribution in [0, 0.1) is 0 Å². The van der Waals surface area contributed by atoms with E-state index in [-0.39, 0.29) is 30.2 Å². The normalized spacial score (nSPS) is 19.9. The van der Waals surface area contributed by atoms with Gasteiger partial charge in [-0.05, 0) is 55.5 Å². The average molecular weight is 427 g/mol. The molecule has 1 aromatic carbocycles. The van der Waals surface area contributed by atoms with Gasteiger partial charge in [0.05, 0.1) is 23.6 Å². The molecular formula is C23H26N2O4S. The lowest BCUT2D eigenvalue weighted by Crippen LogP contribution is -2.51. The summed E-state index contributed by atoms with van der Waals surface area (Å²) in [6, 6.07) is 9.81. The second-order valence-electron chi connectivity index (χ2n) is 7.70. The zero-order valence-electron chi connectivity index (χ0n) is 17.1. The summed E-state index contributed by atoms with van der Waals surface area (Å²) in [7, 11) is 0. The lowest BCUT2D eigenvalue weighted by atomic mass is 9.92. The molecule has 6 nitrogen and oxygen atoms in total. The van der Waals surface area contributed by atoms with Crippen molar-refractivity contribution in [3.05, 3.63) is 46.7 Å². The maximum Gasteiger partial charge on any atom is 0.264 e. The first-order valence-electron chi connectivity index (χ1n) is 10.6. The van der Waals surface area contributed by atoms with E-state index in [1.807, 2.05) is 18.4 Å². The molecule has 4 rings (SSSR count). The van der Waals surface area contributed by atoms with Crippen molar-refractivity contribution >= 4 is 34.7 Å². The highest BCUT2D eigenvalue weighted by Gasteiger charge is 2.46. The van der Waals surface area contributed by atoms with E-state index in [0.29, 0.717) is 22.9 Å². The number of carbonyl (C=O) groups excluding carboxylic acids is 3. The third kappa shape index (κ3) is 3.99. The Hall–Kier alpha value is -2.67. The Balaban J connectivity index is 1.62. The molecule has 3 amide bonds. The fourth-order valence-electron chi connectivity index (χ4n) is 4.41. The van der Waals surface area contributed by atoms with Gasteiger partial charge < -0.3 is 9.64 Å². The highest BCUT2D eigenvalue weighted by atomic mass is 32.1. The van der Waals surface area contributed by atoms with Gasteiger partial charge in [-0.25, -0.2) is 4.90 Å². The molecule has 7 heteroatoms. The quantitative estimate of drug-likeness (QED) is 0.648. The molecule has 1 aromatic heterocycles. The van der Waals surface area contributed by atoms with E-state index < -0.39 is 6.04 Å². The Labute approximate surface area is 180 Å². The topological polar surface area (TPSA) is 66.9 Å². The van der Waals surface area contributed by atoms with Crippen LogP contribution in [0.4, 0.5) is 5.69 Å². The molecule has 0 N–H and O–H groups in total. The van der Waals surface area contributed by atoms with Crippen molar-refractivity contribution in [2.45, 2.75) is 57.5 Å². The fourth-order valence-corrected chi connectivity index (χ4v) is 5.08. The van der Waals surface area contributed by atoms with E-state index in [0.717, 1.165) is 32.1 Å². The second kappa shape index (κ2) is 9.00. The first-order chi connectivity index (χ1) is 14.6. The Bertz CT molecular complexity index is 904. The van der Waals surface area contributed by atoms with Crippen LogP contribution >= 0.6 is 11.3 Å². The number of nitrogens with zero attached hydrogens (tertiary/aromatic N) is 2. The molecular weight excluding hydrogens is 400 g/mol. The molecule has 30 heavy (non-hydrogen) atoms. The van der Waals surface area contributed by atoms with Gasteiger partial charge in [0.2, 0.25) is 5.91 Å². The molecule has 1 unspecified atom stereocenters. The predicted molar refractivity (Wildman–Crippen MR) is 116 cm³/mol. The molecule has 2 aliphatic rings. The highest BCUT2D eigenvalue weighted by Crippen LogP contribution is 2.33. The Kier molecular flexibility index (Phi) is 6.18. The molecule has 1 saturated heterocycles. The second-order valence-corrected chi connectivity index (χ2v) is 8.64. The van der Waals surface area contributed by atoms with E-state index in [1.165, 1.54) is 16.2 Å². The smallest absolute Gasteiger partial charge is 0.264 e. The molecule has 1 aliphatic heterocycles. The number of thiophene rings is 1. The first-order valence-corrected chi connectivity index (χ1v) is 11.4. The number of carbonyl (C=O) groups is 3. The minimum absolute atomic E-state index is 0.00428. The minimum atomic E-state index is -0.748. The predicted octanol–water partition coefficient (Wildman–Crippen LogP) is 4.25. The van der Waals surface area contributed by atoms with E-state index in [1.54, 1.807) is 35.2 Å². The lowest BCUT2D eigenvalue weighted by molar-refractivity contribution is -0.123. The number of amides is 3. The summed E-state index contributed by atoms with van der Waals surface area (Å²) in [6.45, 7) is 2.45.